The Kier molecular flexibility index (Phi) is 3.83. The number of hydrogen-bond acceptors (Lipinski definition) is 4. The molecule has 1 aliphatic rings. The van der Waals surface area contributed by atoms with Gasteiger partial charge in [0.1, 0.15) is 5.60 Å². The van der Waals surface area contributed by atoms with Crippen molar-refractivity contribution in [2.75, 3.05) is 31.1 Å². The number of ether oxygens (including phenoxy) is 1. The third-order valence-corrected chi connectivity index (χ3v) is 3.95. The summed E-state index contributed by atoms with van der Waals surface area (Å²) in [5, 5.41) is 11.6. The predicted octanol–water partition coefficient (Wildman–Crippen LogP) is 2.93. The summed E-state index contributed by atoms with van der Waals surface area (Å²) in [7, 11) is 0. The zero-order chi connectivity index (χ0) is 16.6. The topological polar surface area (TPSA) is 68.8 Å². The number of rotatable bonds is 1. The summed E-state index contributed by atoms with van der Waals surface area (Å²) < 4.78 is 5.41. The number of hydrogen-bond donors (Lipinski definition) is 2. The molecule has 0 spiro atoms. The number of H-pyrrole nitrogens is 1. The highest BCUT2D eigenvalue weighted by atomic mass is 16.6. The molecule has 124 valence electrons. The van der Waals surface area contributed by atoms with Gasteiger partial charge in [-0.1, -0.05) is 6.07 Å². The molecule has 0 aliphatic carbocycles. The van der Waals surface area contributed by atoms with Crippen LogP contribution in [0.15, 0.2) is 24.4 Å². The number of aromatic hydroxyl groups is 1. The monoisotopic (exact) mass is 317 g/mol. The van der Waals surface area contributed by atoms with E-state index in [0.717, 1.165) is 29.5 Å². The van der Waals surface area contributed by atoms with Gasteiger partial charge in [-0.15, -0.1) is 0 Å². The molecule has 1 fully saturated rings. The smallest absolute Gasteiger partial charge is 0.410 e. The maximum absolute atomic E-state index is 12.1. The number of carbonyl (C=O) groups is 1. The molecule has 0 bridgehead atoms. The van der Waals surface area contributed by atoms with Gasteiger partial charge >= 0.3 is 6.09 Å². The third-order valence-electron chi connectivity index (χ3n) is 3.95. The first-order valence-corrected chi connectivity index (χ1v) is 7.86. The van der Waals surface area contributed by atoms with Gasteiger partial charge in [-0.3, -0.25) is 0 Å². The highest BCUT2D eigenvalue weighted by Gasteiger charge is 2.26. The molecule has 1 amide bonds. The molecule has 6 heteroatoms. The lowest BCUT2D eigenvalue weighted by Crippen LogP contribution is -2.50. The van der Waals surface area contributed by atoms with Crippen LogP contribution in [-0.2, 0) is 4.74 Å². The van der Waals surface area contributed by atoms with E-state index in [0.29, 0.717) is 13.1 Å². The van der Waals surface area contributed by atoms with Gasteiger partial charge in [-0.2, -0.15) is 0 Å². The third kappa shape index (κ3) is 3.36. The van der Waals surface area contributed by atoms with Gasteiger partial charge < -0.3 is 24.6 Å². The van der Waals surface area contributed by atoms with Gasteiger partial charge in [0, 0.05) is 48.8 Å². The van der Waals surface area contributed by atoms with Crippen molar-refractivity contribution < 1.29 is 14.6 Å². The molecule has 2 heterocycles. The maximum Gasteiger partial charge on any atom is 0.410 e. The van der Waals surface area contributed by atoms with Crippen molar-refractivity contribution in [1.82, 2.24) is 9.88 Å². The first-order valence-electron chi connectivity index (χ1n) is 7.86. The van der Waals surface area contributed by atoms with Gasteiger partial charge in [0.05, 0.1) is 0 Å². The Bertz CT molecular complexity index is 709. The SMILES string of the molecule is CC(C)(C)OC(=O)N1CCN(c2ccc3c[nH]c(O)c3c2)CC1. The lowest BCUT2D eigenvalue weighted by atomic mass is 10.1. The fraction of sp³-hybridized carbons (Fsp3) is 0.471. The fourth-order valence-electron chi connectivity index (χ4n) is 2.77. The van der Waals surface area contributed by atoms with Crippen LogP contribution in [0, 0.1) is 0 Å². The van der Waals surface area contributed by atoms with E-state index in [-0.39, 0.29) is 12.0 Å². The van der Waals surface area contributed by atoms with Gasteiger partial charge in [0.25, 0.3) is 0 Å². The number of nitrogens with zero attached hydrogens (tertiary/aromatic N) is 2. The second kappa shape index (κ2) is 5.68. The Morgan fingerprint density at radius 2 is 1.91 bits per heavy atom. The van der Waals surface area contributed by atoms with E-state index >= 15 is 0 Å². The highest BCUT2D eigenvalue weighted by molar-refractivity contribution is 5.90. The molecule has 1 aliphatic heterocycles. The van der Waals surface area contributed by atoms with E-state index in [2.05, 4.69) is 9.88 Å². The molecule has 0 unspecified atom stereocenters. The Hall–Kier alpha value is -2.37. The molecule has 2 aromatic rings. The predicted molar refractivity (Wildman–Crippen MR) is 90.0 cm³/mol. The Balaban J connectivity index is 1.66. The van der Waals surface area contributed by atoms with Gasteiger partial charge in [-0.25, -0.2) is 4.79 Å². The first kappa shape index (κ1) is 15.5. The molecule has 2 N–H and O–H groups in total. The molecule has 0 atom stereocenters. The van der Waals surface area contributed by atoms with Crippen LogP contribution in [-0.4, -0.2) is 52.9 Å². The van der Waals surface area contributed by atoms with E-state index in [4.69, 9.17) is 4.74 Å². The second-order valence-electron chi connectivity index (χ2n) is 6.86. The number of aromatic nitrogens is 1. The molecule has 6 nitrogen and oxygen atoms in total. The Morgan fingerprint density at radius 3 is 2.57 bits per heavy atom. The number of fused-ring (bicyclic) bond motifs is 1. The number of amides is 1. The lowest BCUT2D eigenvalue weighted by molar-refractivity contribution is 0.0240. The number of piperazine rings is 1. The summed E-state index contributed by atoms with van der Waals surface area (Å²) in [5.74, 6) is 0.189. The minimum atomic E-state index is -0.467. The average molecular weight is 317 g/mol. The molecular weight excluding hydrogens is 294 g/mol. The largest absolute Gasteiger partial charge is 0.494 e. The van der Waals surface area contributed by atoms with Crippen molar-refractivity contribution >= 4 is 22.6 Å². The Labute approximate surface area is 135 Å². The van der Waals surface area contributed by atoms with Crippen molar-refractivity contribution in [2.45, 2.75) is 26.4 Å². The fourth-order valence-corrected chi connectivity index (χ4v) is 2.77. The van der Waals surface area contributed by atoms with Gasteiger partial charge in [-0.05, 0) is 32.9 Å². The van der Waals surface area contributed by atoms with E-state index < -0.39 is 5.60 Å². The maximum atomic E-state index is 12.1. The molecule has 1 saturated heterocycles. The molecule has 1 aromatic carbocycles. The number of nitrogens with one attached hydrogen (secondary N) is 1. The summed E-state index contributed by atoms with van der Waals surface area (Å²) in [5.41, 5.74) is 0.585. The second-order valence-corrected chi connectivity index (χ2v) is 6.86. The summed E-state index contributed by atoms with van der Waals surface area (Å²) >= 11 is 0. The normalized spacial score (nSPS) is 16.0. The molecule has 23 heavy (non-hydrogen) atoms. The molecule has 0 radical (unpaired) electrons. The minimum Gasteiger partial charge on any atom is -0.494 e. The molecule has 3 rings (SSSR count). The van der Waals surface area contributed by atoms with Crippen molar-refractivity contribution in [3.05, 3.63) is 24.4 Å². The summed E-state index contributed by atoms with van der Waals surface area (Å²) in [6, 6.07) is 6.00. The number of benzene rings is 1. The van der Waals surface area contributed by atoms with Gasteiger partial charge in [0.2, 0.25) is 0 Å². The first-order chi connectivity index (χ1) is 10.8. The summed E-state index contributed by atoms with van der Waals surface area (Å²) in [6.07, 6.45) is 1.53. The number of carbonyl (C=O) groups excluding carboxylic acids is 1. The summed E-state index contributed by atoms with van der Waals surface area (Å²) in [4.78, 5) is 18.9. The molecule has 1 aromatic heterocycles. The zero-order valence-electron chi connectivity index (χ0n) is 13.8. The van der Waals surface area contributed by atoms with Crippen LogP contribution in [0.3, 0.4) is 0 Å². The van der Waals surface area contributed by atoms with E-state index in [9.17, 15) is 9.90 Å². The lowest BCUT2D eigenvalue weighted by Gasteiger charge is -2.36. The number of aromatic amines is 1. The van der Waals surface area contributed by atoms with Crippen molar-refractivity contribution in [3.63, 3.8) is 0 Å². The van der Waals surface area contributed by atoms with E-state index in [1.165, 1.54) is 0 Å². The van der Waals surface area contributed by atoms with Crippen LogP contribution in [0.4, 0.5) is 10.5 Å². The van der Waals surface area contributed by atoms with Crippen LogP contribution in [0.25, 0.3) is 10.8 Å². The van der Waals surface area contributed by atoms with Crippen LogP contribution in [0.2, 0.25) is 0 Å². The number of anilines is 1. The van der Waals surface area contributed by atoms with Crippen molar-refractivity contribution in [2.24, 2.45) is 0 Å². The molecular formula is C17H23N3O3. The average Bonchev–Trinajstić information content (AvgIpc) is 2.87. The van der Waals surface area contributed by atoms with Gasteiger partial charge in [0.15, 0.2) is 5.88 Å². The quantitative estimate of drug-likeness (QED) is 0.848. The van der Waals surface area contributed by atoms with Crippen LogP contribution >= 0.6 is 0 Å². The minimum absolute atomic E-state index is 0.189. The standard InChI is InChI=1S/C17H23N3O3/c1-17(2,3)23-16(22)20-8-6-19(7-9-20)13-5-4-12-11-18-15(21)14(12)10-13/h4-5,10-11,18,21H,6-9H2,1-3H3. The van der Waals surface area contributed by atoms with E-state index in [1.54, 1.807) is 11.1 Å². The summed E-state index contributed by atoms with van der Waals surface area (Å²) in [6.45, 7) is 8.38. The van der Waals surface area contributed by atoms with Crippen molar-refractivity contribution in [1.29, 1.82) is 0 Å². The van der Waals surface area contributed by atoms with Crippen molar-refractivity contribution in [3.8, 4) is 5.88 Å². The zero-order valence-corrected chi connectivity index (χ0v) is 13.8. The Morgan fingerprint density at radius 1 is 1.22 bits per heavy atom. The van der Waals surface area contributed by atoms with Crippen LogP contribution in [0.1, 0.15) is 20.8 Å². The van der Waals surface area contributed by atoms with E-state index in [1.807, 2.05) is 39.0 Å². The highest BCUT2D eigenvalue weighted by Crippen LogP contribution is 2.28. The molecule has 0 saturated carbocycles. The van der Waals surface area contributed by atoms with Crippen LogP contribution in [0.5, 0.6) is 5.88 Å². The van der Waals surface area contributed by atoms with Crippen LogP contribution < -0.4 is 4.90 Å².